The number of halogens is 3. The van der Waals surface area contributed by atoms with Gasteiger partial charge in [-0.2, -0.15) is 13.2 Å². The minimum atomic E-state index is -4.38. The molecule has 2 aromatic heterocycles. The number of pyridine rings is 1. The summed E-state index contributed by atoms with van der Waals surface area (Å²) in [6.45, 7) is 2.60. The molecule has 0 radical (unpaired) electrons. The molecule has 1 saturated heterocycles. The van der Waals surface area contributed by atoms with Crippen molar-refractivity contribution in [1.82, 2.24) is 19.9 Å². The zero-order valence-corrected chi connectivity index (χ0v) is 15.8. The molecule has 3 aromatic rings. The van der Waals surface area contributed by atoms with E-state index in [0.717, 1.165) is 56.0 Å². The highest BCUT2D eigenvalue weighted by atomic mass is 19.4. The van der Waals surface area contributed by atoms with Crippen LogP contribution in [0.25, 0.3) is 11.3 Å². The Morgan fingerprint density at radius 1 is 1.07 bits per heavy atom. The van der Waals surface area contributed by atoms with Crippen molar-refractivity contribution < 1.29 is 13.2 Å². The molecule has 0 aliphatic carbocycles. The van der Waals surface area contributed by atoms with Gasteiger partial charge in [0.2, 0.25) is 0 Å². The van der Waals surface area contributed by atoms with Crippen LogP contribution in [0.3, 0.4) is 0 Å². The minimum absolute atomic E-state index is 0.200. The van der Waals surface area contributed by atoms with Crippen molar-refractivity contribution in [3.63, 3.8) is 0 Å². The molecule has 1 aromatic carbocycles. The lowest BCUT2D eigenvalue weighted by atomic mass is 9.94. The second-order valence-electron chi connectivity index (χ2n) is 7.30. The van der Waals surface area contributed by atoms with Crippen LogP contribution >= 0.6 is 0 Å². The Bertz CT molecular complexity index is 960. The molecule has 1 atom stereocenters. The molecule has 0 saturated carbocycles. The molecule has 1 aliphatic rings. The van der Waals surface area contributed by atoms with E-state index in [-0.39, 0.29) is 5.92 Å². The average molecular weight is 398 g/mol. The lowest BCUT2D eigenvalue weighted by molar-refractivity contribution is -0.137. The van der Waals surface area contributed by atoms with E-state index < -0.39 is 11.7 Å². The summed E-state index contributed by atoms with van der Waals surface area (Å²) in [6.07, 6.45) is 2.68. The Labute approximate surface area is 167 Å². The lowest BCUT2D eigenvalue weighted by Crippen LogP contribution is -2.34. The van der Waals surface area contributed by atoms with Crippen LogP contribution in [0.4, 0.5) is 13.2 Å². The number of alkyl halides is 3. The van der Waals surface area contributed by atoms with Crippen molar-refractivity contribution in [2.75, 3.05) is 13.1 Å². The van der Waals surface area contributed by atoms with Crippen LogP contribution in [0.15, 0.2) is 61.1 Å². The second kappa shape index (κ2) is 8.29. The molecular formula is C22H21F3N4. The van der Waals surface area contributed by atoms with Gasteiger partial charge in [0.25, 0.3) is 0 Å². The summed E-state index contributed by atoms with van der Waals surface area (Å²) in [4.78, 5) is 15.7. The van der Waals surface area contributed by atoms with Gasteiger partial charge in [0, 0.05) is 37.0 Å². The quantitative estimate of drug-likeness (QED) is 0.625. The largest absolute Gasteiger partial charge is 0.416 e. The number of rotatable bonds is 4. The third-order valence-electron chi connectivity index (χ3n) is 5.17. The van der Waals surface area contributed by atoms with Gasteiger partial charge in [-0.05, 0) is 43.7 Å². The van der Waals surface area contributed by atoms with Gasteiger partial charge in [0.05, 0.1) is 28.8 Å². The van der Waals surface area contributed by atoms with Crippen LogP contribution in [-0.2, 0) is 12.7 Å². The monoisotopic (exact) mass is 398 g/mol. The highest BCUT2D eigenvalue weighted by Gasteiger charge is 2.30. The van der Waals surface area contributed by atoms with Crippen LogP contribution in [-0.4, -0.2) is 32.9 Å². The van der Waals surface area contributed by atoms with Crippen molar-refractivity contribution in [3.8, 4) is 11.3 Å². The first-order chi connectivity index (χ1) is 14.0. The zero-order valence-electron chi connectivity index (χ0n) is 15.8. The lowest BCUT2D eigenvalue weighted by Gasteiger charge is -2.32. The number of nitrogens with zero attached hydrogens (tertiary/aromatic N) is 4. The molecule has 1 fully saturated rings. The number of hydrogen-bond donors (Lipinski definition) is 0. The van der Waals surface area contributed by atoms with Crippen molar-refractivity contribution in [3.05, 3.63) is 78.0 Å². The second-order valence-corrected chi connectivity index (χ2v) is 7.30. The third kappa shape index (κ3) is 4.79. The smallest absolute Gasteiger partial charge is 0.297 e. The van der Waals surface area contributed by atoms with Crippen molar-refractivity contribution >= 4 is 0 Å². The number of aromatic nitrogens is 3. The molecule has 4 nitrogen and oxygen atoms in total. The van der Waals surface area contributed by atoms with Crippen LogP contribution in [0, 0.1) is 0 Å². The standard InChI is InChI=1S/C22H21F3N4/c23-22(24,25)18-7-3-5-16(11-18)20-12-26-13-21(28-20)17-6-4-10-29(14-17)15-19-8-1-2-9-27-19/h1-3,5,7-9,11-13,17H,4,6,10,14-15H2. The number of piperidine rings is 1. The van der Waals surface area contributed by atoms with Gasteiger partial charge in [-0.25, -0.2) is 4.98 Å². The van der Waals surface area contributed by atoms with Gasteiger partial charge in [0.1, 0.15) is 0 Å². The maximum atomic E-state index is 13.0. The van der Waals surface area contributed by atoms with Crippen LogP contribution in [0.1, 0.15) is 35.7 Å². The number of hydrogen-bond acceptors (Lipinski definition) is 4. The first-order valence-corrected chi connectivity index (χ1v) is 9.61. The fourth-order valence-corrected chi connectivity index (χ4v) is 3.73. The molecule has 1 aliphatic heterocycles. The van der Waals surface area contributed by atoms with E-state index in [1.807, 2.05) is 18.2 Å². The van der Waals surface area contributed by atoms with E-state index >= 15 is 0 Å². The average Bonchev–Trinajstić information content (AvgIpc) is 2.74. The molecule has 4 rings (SSSR count). The van der Waals surface area contributed by atoms with Gasteiger partial charge in [-0.1, -0.05) is 18.2 Å². The van der Waals surface area contributed by atoms with Crippen molar-refractivity contribution in [1.29, 1.82) is 0 Å². The number of likely N-dealkylation sites (tertiary alicyclic amines) is 1. The number of benzene rings is 1. The molecule has 29 heavy (non-hydrogen) atoms. The SMILES string of the molecule is FC(F)(F)c1cccc(-c2cncc(C3CCCN(Cc4ccccn4)C3)n2)c1. The Morgan fingerprint density at radius 2 is 1.97 bits per heavy atom. The normalized spacial score (nSPS) is 18.0. The summed E-state index contributed by atoms with van der Waals surface area (Å²) >= 11 is 0. The molecule has 150 valence electrons. The van der Waals surface area contributed by atoms with Crippen LogP contribution < -0.4 is 0 Å². The van der Waals surface area contributed by atoms with Crippen LogP contribution in [0.2, 0.25) is 0 Å². The van der Waals surface area contributed by atoms with Crippen molar-refractivity contribution in [2.24, 2.45) is 0 Å². The van der Waals surface area contributed by atoms with E-state index in [9.17, 15) is 13.2 Å². The first-order valence-electron chi connectivity index (χ1n) is 9.61. The maximum absolute atomic E-state index is 13.0. The Balaban J connectivity index is 1.53. The maximum Gasteiger partial charge on any atom is 0.416 e. The molecule has 7 heteroatoms. The van der Waals surface area contributed by atoms with E-state index in [2.05, 4.69) is 19.9 Å². The van der Waals surface area contributed by atoms with Gasteiger partial charge >= 0.3 is 6.18 Å². The Morgan fingerprint density at radius 3 is 2.76 bits per heavy atom. The van der Waals surface area contributed by atoms with Gasteiger partial charge in [-0.15, -0.1) is 0 Å². The summed E-state index contributed by atoms with van der Waals surface area (Å²) in [6, 6.07) is 11.1. The van der Waals surface area contributed by atoms with Gasteiger partial charge in [0.15, 0.2) is 0 Å². The fourth-order valence-electron chi connectivity index (χ4n) is 3.73. The first kappa shape index (κ1) is 19.5. The molecule has 1 unspecified atom stereocenters. The van der Waals surface area contributed by atoms with Crippen molar-refractivity contribution in [2.45, 2.75) is 31.5 Å². The molecular weight excluding hydrogens is 377 g/mol. The Kier molecular flexibility index (Phi) is 5.58. The highest BCUT2D eigenvalue weighted by molar-refractivity contribution is 5.59. The van der Waals surface area contributed by atoms with Gasteiger partial charge in [-0.3, -0.25) is 14.9 Å². The summed E-state index contributed by atoms with van der Waals surface area (Å²) in [7, 11) is 0. The predicted molar refractivity (Wildman–Crippen MR) is 104 cm³/mol. The van der Waals surface area contributed by atoms with Gasteiger partial charge < -0.3 is 0 Å². The summed E-state index contributed by atoms with van der Waals surface area (Å²) in [5.41, 5.74) is 2.06. The summed E-state index contributed by atoms with van der Waals surface area (Å²) in [5, 5.41) is 0. The predicted octanol–water partition coefficient (Wildman–Crippen LogP) is 4.94. The van der Waals surface area contributed by atoms with E-state index in [0.29, 0.717) is 11.3 Å². The van der Waals surface area contributed by atoms with E-state index in [1.54, 1.807) is 18.5 Å². The summed E-state index contributed by atoms with van der Waals surface area (Å²) in [5.74, 6) is 0.200. The van der Waals surface area contributed by atoms with E-state index in [1.165, 1.54) is 12.3 Å². The van der Waals surface area contributed by atoms with Crippen LogP contribution in [0.5, 0.6) is 0 Å². The topological polar surface area (TPSA) is 41.9 Å². The molecule has 0 bridgehead atoms. The summed E-state index contributed by atoms with van der Waals surface area (Å²) < 4.78 is 39.1. The molecule has 0 N–H and O–H groups in total. The molecule has 3 heterocycles. The highest BCUT2D eigenvalue weighted by Crippen LogP contribution is 2.32. The zero-order chi connectivity index (χ0) is 20.3. The fraction of sp³-hybridized carbons (Fsp3) is 0.318. The third-order valence-corrected chi connectivity index (χ3v) is 5.17. The van der Waals surface area contributed by atoms with E-state index in [4.69, 9.17) is 0 Å². The molecule has 0 spiro atoms. The minimum Gasteiger partial charge on any atom is -0.297 e. The molecule has 0 amide bonds. The Hall–Kier alpha value is -2.80.